The molecule has 94 valence electrons. The summed E-state index contributed by atoms with van der Waals surface area (Å²) in [5, 5.41) is 6.91. The fraction of sp³-hybridized carbons (Fsp3) is 0.167. The second-order valence-corrected chi connectivity index (χ2v) is 6.22. The Balaban J connectivity index is 2.64. The summed E-state index contributed by atoms with van der Waals surface area (Å²) in [6.07, 6.45) is 0. The van der Waals surface area contributed by atoms with Crippen LogP contribution in [0, 0.1) is 0 Å². The summed E-state index contributed by atoms with van der Waals surface area (Å²) in [6.45, 7) is 0. The standard InChI is InChI=1S/C12H8Cl2O2S2/c1-15-9-7-5(13)3-18-12(7)10(16-2)8-6(14)4-17-11(8)9/h3-4H,1-2H3. The third kappa shape index (κ3) is 1.53. The molecule has 0 spiro atoms. The highest BCUT2D eigenvalue weighted by atomic mass is 35.5. The van der Waals surface area contributed by atoms with E-state index in [1.807, 2.05) is 10.8 Å². The van der Waals surface area contributed by atoms with Gasteiger partial charge in [-0.3, -0.25) is 0 Å². The van der Waals surface area contributed by atoms with Crippen molar-refractivity contribution in [3.63, 3.8) is 0 Å². The van der Waals surface area contributed by atoms with Crippen LogP contribution in [0.3, 0.4) is 0 Å². The first-order valence-corrected chi connectivity index (χ1v) is 7.57. The molecule has 0 amide bonds. The SMILES string of the molecule is COc1c2scc(Cl)c2c(OC)c2scc(Cl)c12. The van der Waals surface area contributed by atoms with Crippen LogP contribution in [0.1, 0.15) is 0 Å². The lowest BCUT2D eigenvalue weighted by atomic mass is 10.1. The van der Waals surface area contributed by atoms with E-state index in [0.29, 0.717) is 10.0 Å². The molecule has 2 aromatic heterocycles. The van der Waals surface area contributed by atoms with Crippen molar-refractivity contribution in [2.24, 2.45) is 0 Å². The summed E-state index contributed by atoms with van der Waals surface area (Å²) < 4.78 is 13.0. The van der Waals surface area contributed by atoms with Gasteiger partial charge in [0.15, 0.2) is 0 Å². The number of hydrogen-bond acceptors (Lipinski definition) is 4. The molecule has 0 fully saturated rings. The molecule has 1 aromatic carbocycles. The van der Waals surface area contributed by atoms with E-state index in [-0.39, 0.29) is 0 Å². The molecule has 0 saturated carbocycles. The lowest BCUT2D eigenvalue weighted by molar-refractivity contribution is 0.419. The predicted octanol–water partition coefficient (Wildman–Crippen LogP) is 5.44. The minimum atomic E-state index is 0.677. The number of ether oxygens (including phenoxy) is 2. The normalized spacial score (nSPS) is 11.3. The first-order chi connectivity index (χ1) is 8.69. The number of halogens is 2. The summed E-state index contributed by atoms with van der Waals surface area (Å²) in [5.74, 6) is 1.54. The third-order valence-electron chi connectivity index (χ3n) is 2.77. The van der Waals surface area contributed by atoms with Gasteiger partial charge in [0.25, 0.3) is 0 Å². The Labute approximate surface area is 122 Å². The molecule has 0 aliphatic heterocycles. The molecule has 2 heterocycles. The van der Waals surface area contributed by atoms with Crippen LogP contribution in [0.5, 0.6) is 11.5 Å². The van der Waals surface area contributed by atoms with E-state index in [4.69, 9.17) is 32.7 Å². The molecule has 0 aliphatic carbocycles. The monoisotopic (exact) mass is 318 g/mol. The Morgan fingerprint density at radius 2 is 1.22 bits per heavy atom. The lowest BCUT2D eigenvalue weighted by Crippen LogP contribution is -1.89. The second kappa shape index (κ2) is 4.46. The highest BCUT2D eigenvalue weighted by Crippen LogP contribution is 2.52. The van der Waals surface area contributed by atoms with Crippen molar-refractivity contribution in [1.29, 1.82) is 0 Å². The molecule has 0 aliphatic rings. The van der Waals surface area contributed by atoms with Crippen molar-refractivity contribution >= 4 is 66.0 Å². The van der Waals surface area contributed by atoms with Crippen LogP contribution >= 0.6 is 45.9 Å². The fourth-order valence-corrected chi connectivity index (χ4v) is 4.69. The topological polar surface area (TPSA) is 18.5 Å². The average molecular weight is 319 g/mol. The van der Waals surface area contributed by atoms with Crippen molar-refractivity contribution in [2.45, 2.75) is 0 Å². The quantitative estimate of drug-likeness (QED) is 0.626. The second-order valence-electron chi connectivity index (χ2n) is 3.64. The number of hydrogen-bond donors (Lipinski definition) is 0. The molecule has 0 unspecified atom stereocenters. The van der Waals surface area contributed by atoms with Gasteiger partial charge in [0.1, 0.15) is 11.5 Å². The van der Waals surface area contributed by atoms with Gasteiger partial charge in [0.05, 0.1) is 44.4 Å². The Morgan fingerprint density at radius 1 is 0.833 bits per heavy atom. The maximum absolute atomic E-state index is 6.24. The zero-order valence-corrected chi connectivity index (χ0v) is 12.7. The van der Waals surface area contributed by atoms with Crippen molar-refractivity contribution in [2.75, 3.05) is 14.2 Å². The molecule has 0 bridgehead atoms. The summed E-state index contributed by atoms with van der Waals surface area (Å²) in [4.78, 5) is 0. The van der Waals surface area contributed by atoms with Gasteiger partial charge in [-0.25, -0.2) is 0 Å². The zero-order chi connectivity index (χ0) is 12.9. The average Bonchev–Trinajstić information content (AvgIpc) is 2.93. The highest BCUT2D eigenvalue weighted by Gasteiger charge is 2.22. The first-order valence-electron chi connectivity index (χ1n) is 5.06. The van der Waals surface area contributed by atoms with Crippen LogP contribution in [0.4, 0.5) is 0 Å². The molecule has 0 saturated heterocycles. The Kier molecular flexibility index (Phi) is 3.06. The van der Waals surface area contributed by atoms with Crippen molar-refractivity contribution in [1.82, 2.24) is 0 Å². The summed E-state index contributed by atoms with van der Waals surface area (Å²) >= 11 is 15.5. The van der Waals surface area contributed by atoms with E-state index in [1.165, 1.54) is 22.7 Å². The Morgan fingerprint density at radius 3 is 1.56 bits per heavy atom. The smallest absolute Gasteiger partial charge is 0.147 e. The molecule has 3 rings (SSSR count). The van der Waals surface area contributed by atoms with Crippen molar-refractivity contribution in [3.05, 3.63) is 20.8 Å². The van der Waals surface area contributed by atoms with E-state index in [1.54, 1.807) is 14.2 Å². The molecule has 18 heavy (non-hydrogen) atoms. The molecule has 0 radical (unpaired) electrons. The van der Waals surface area contributed by atoms with Crippen LogP contribution in [0.2, 0.25) is 10.0 Å². The predicted molar refractivity (Wildman–Crippen MR) is 80.3 cm³/mol. The highest BCUT2D eigenvalue weighted by molar-refractivity contribution is 7.20. The number of rotatable bonds is 2. The largest absolute Gasteiger partial charge is 0.495 e. The van der Waals surface area contributed by atoms with Crippen LogP contribution in [-0.4, -0.2) is 14.2 Å². The maximum Gasteiger partial charge on any atom is 0.147 e. The van der Waals surface area contributed by atoms with E-state index >= 15 is 0 Å². The van der Waals surface area contributed by atoms with Gasteiger partial charge in [-0.05, 0) is 0 Å². The fourth-order valence-electron chi connectivity index (χ4n) is 2.05. The van der Waals surface area contributed by atoms with E-state index in [2.05, 4.69) is 0 Å². The van der Waals surface area contributed by atoms with Gasteiger partial charge in [-0.15, -0.1) is 22.7 Å². The van der Waals surface area contributed by atoms with Gasteiger partial charge in [0.2, 0.25) is 0 Å². The summed E-state index contributed by atoms with van der Waals surface area (Å²) in [6, 6.07) is 0. The number of fused-ring (bicyclic) bond motifs is 2. The van der Waals surface area contributed by atoms with Crippen molar-refractivity contribution in [3.8, 4) is 11.5 Å². The number of thiophene rings is 2. The van der Waals surface area contributed by atoms with E-state index in [0.717, 1.165) is 31.7 Å². The van der Waals surface area contributed by atoms with Crippen LogP contribution in [0.25, 0.3) is 20.2 Å². The minimum Gasteiger partial charge on any atom is -0.495 e. The molecular weight excluding hydrogens is 311 g/mol. The van der Waals surface area contributed by atoms with Gasteiger partial charge >= 0.3 is 0 Å². The molecule has 2 nitrogen and oxygen atoms in total. The van der Waals surface area contributed by atoms with Crippen molar-refractivity contribution < 1.29 is 9.47 Å². The van der Waals surface area contributed by atoms with Gasteiger partial charge in [0, 0.05) is 10.8 Å². The molecule has 3 aromatic rings. The lowest BCUT2D eigenvalue weighted by Gasteiger charge is -2.09. The number of methoxy groups -OCH3 is 2. The molecule has 6 heteroatoms. The first kappa shape index (κ1) is 12.4. The Hall–Kier alpha value is -0.680. The van der Waals surface area contributed by atoms with Gasteiger partial charge < -0.3 is 9.47 Å². The number of benzene rings is 1. The van der Waals surface area contributed by atoms with Crippen LogP contribution in [-0.2, 0) is 0 Å². The van der Waals surface area contributed by atoms with Gasteiger partial charge in [-0.1, -0.05) is 23.2 Å². The summed E-state index contributed by atoms with van der Waals surface area (Å²) in [7, 11) is 3.28. The summed E-state index contributed by atoms with van der Waals surface area (Å²) in [5.41, 5.74) is 0. The zero-order valence-electron chi connectivity index (χ0n) is 9.54. The Bertz CT molecular complexity index is 681. The van der Waals surface area contributed by atoms with Gasteiger partial charge in [-0.2, -0.15) is 0 Å². The van der Waals surface area contributed by atoms with Crippen LogP contribution < -0.4 is 9.47 Å². The molecular formula is C12H8Cl2O2S2. The molecule has 0 atom stereocenters. The minimum absolute atomic E-state index is 0.677. The van der Waals surface area contributed by atoms with E-state index < -0.39 is 0 Å². The third-order valence-corrected chi connectivity index (χ3v) is 5.58. The molecule has 0 N–H and O–H groups in total. The van der Waals surface area contributed by atoms with E-state index in [9.17, 15) is 0 Å². The maximum atomic E-state index is 6.24. The van der Waals surface area contributed by atoms with Crippen LogP contribution in [0.15, 0.2) is 10.8 Å².